The summed E-state index contributed by atoms with van der Waals surface area (Å²) in [6, 6.07) is 2.85. The van der Waals surface area contributed by atoms with Crippen molar-refractivity contribution in [3.05, 3.63) is 34.3 Å². The van der Waals surface area contributed by atoms with Crippen molar-refractivity contribution in [2.75, 3.05) is 30.2 Å². The molecule has 0 atom stereocenters. The van der Waals surface area contributed by atoms with E-state index in [1.54, 1.807) is 0 Å². The molecule has 0 fully saturated rings. The highest BCUT2D eigenvalue weighted by molar-refractivity contribution is 8.00. The number of halogens is 3. The maximum absolute atomic E-state index is 14.0. The van der Waals surface area contributed by atoms with E-state index in [9.17, 15) is 8.78 Å². The molecule has 0 saturated carbocycles. The third kappa shape index (κ3) is 4.70. The molecule has 1 aromatic carbocycles. The molecule has 1 aromatic heterocycles. The van der Waals surface area contributed by atoms with E-state index < -0.39 is 10.9 Å². The van der Waals surface area contributed by atoms with Crippen molar-refractivity contribution in [3.63, 3.8) is 0 Å². The molecule has 1 heterocycles. The number of nitrogens with one attached hydrogen (secondary N) is 3. The zero-order chi connectivity index (χ0) is 15.2. The van der Waals surface area contributed by atoms with Crippen LogP contribution in [0.1, 0.15) is 0 Å². The number of likely N-dealkylation sites (N-methyl/N-ethyl adjacent to an activating group) is 1. The van der Waals surface area contributed by atoms with Crippen molar-refractivity contribution in [2.45, 2.75) is 4.90 Å². The highest BCUT2D eigenvalue weighted by atomic mass is 35.5. The number of anilines is 2. The van der Waals surface area contributed by atoms with Crippen LogP contribution in [0.5, 0.6) is 0 Å². The largest absolute Gasteiger partial charge is 0.382 e. The molecule has 0 aliphatic carbocycles. The van der Waals surface area contributed by atoms with Crippen LogP contribution in [-0.2, 0) is 0 Å². The molecule has 114 valence electrons. The van der Waals surface area contributed by atoms with Gasteiger partial charge in [0.2, 0.25) is 0 Å². The van der Waals surface area contributed by atoms with Crippen molar-refractivity contribution in [1.82, 2.24) is 10.3 Å². The molecule has 21 heavy (non-hydrogen) atoms. The molecule has 2 rings (SSSR count). The quantitative estimate of drug-likeness (QED) is 0.523. The van der Waals surface area contributed by atoms with E-state index in [-0.39, 0.29) is 0 Å². The van der Waals surface area contributed by atoms with Crippen molar-refractivity contribution in [3.8, 4) is 0 Å². The van der Waals surface area contributed by atoms with Crippen LogP contribution < -0.4 is 15.4 Å². The Morgan fingerprint density at radius 3 is 2.81 bits per heavy atom. The Labute approximate surface area is 134 Å². The summed E-state index contributed by atoms with van der Waals surface area (Å²) < 4.78 is 29.6. The minimum Gasteiger partial charge on any atom is -0.382 e. The van der Waals surface area contributed by atoms with Crippen molar-refractivity contribution in [2.24, 2.45) is 0 Å². The standard InChI is InChI=1S/C12H13ClF2N4S2/c1-16-2-3-17-9-5-8(14)10(4-7(9)13)21-19-12-18-6-11(15)20-12/h4-6,16-17H,2-3H2,1H3,(H,18,19). The summed E-state index contributed by atoms with van der Waals surface area (Å²) in [7, 11) is 1.83. The van der Waals surface area contributed by atoms with Crippen LogP contribution in [-0.4, -0.2) is 25.1 Å². The lowest BCUT2D eigenvalue weighted by molar-refractivity contribution is 0.602. The number of aromatic nitrogens is 1. The van der Waals surface area contributed by atoms with E-state index in [1.165, 1.54) is 12.1 Å². The van der Waals surface area contributed by atoms with Gasteiger partial charge in [0.05, 0.1) is 21.8 Å². The monoisotopic (exact) mass is 350 g/mol. The Morgan fingerprint density at radius 1 is 1.33 bits per heavy atom. The second-order valence-corrected chi connectivity index (χ2v) is 6.20. The number of benzene rings is 1. The third-order valence-corrected chi connectivity index (χ3v) is 4.41. The van der Waals surface area contributed by atoms with Gasteiger partial charge in [-0.3, -0.25) is 0 Å². The molecule has 3 N–H and O–H groups in total. The van der Waals surface area contributed by atoms with E-state index >= 15 is 0 Å². The van der Waals surface area contributed by atoms with Gasteiger partial charge in [-0.1, -0.05) is 22.9 Å². The molecular weight excluding hydrogens is 338 g/mol. The normalized spacial score (nSPS) is 10.7. The highest BCUT2D eigenvalue weighted by Gasteiger charge is 2.10. The maximum atomic E-state index is 14.0. The summed E-state index contributed by atoms with van der Waals surface area (Å²) in [5, 5.41) is 6.39. The predicted octanol–water partition coefficient (Wildman–Crippen LogP) is 3.83. The van der Waals surface area contributed by atoms with Crippen LogP contribution >= 0.6 is 34.9 Å². The lowest BCUT2D eigenvalue weighted by Crippen LogP contribution is -2.17. The molecule has 0 aliphatic heterocycles. The van der Waals surface area contributed by atoms with Crippen molar-refractivity contribution in [1.29, 1.82) is 0 Å². The van der Waals surface area contributed by atoms with Gasteiger partial charge in [0.15, 0.2) is 10.3 Å². The highest BCUT2D eigenvalue weighted by Crippen LogP contribution is 2.32. The van der Waals surface area contributed by atoms with Crippen molar-refractivity contribution < 1.29 is 8.78 Å². The van der Waals surface area contributed by atoms with E-state index in [1.807, 2.05) is 7.05 Å². The molecule has 0 spiro atoms. The maximum Gasteiger partial charge on any atom is 0.198 e. The van der Waals surface area contributed by atoms with Gasteiger partial charge in [0.25, 0.3) is 0 Å². The average molecular weight is 351 g/mol. The summed E-state index contributed by atoms with van der Waals surface area (Å²) in [5.41, 5.74) is 0.536. The molecule has 0 bridgehead atoms. The smallest absolute Gasteiger partial charge is 0.198 e. The molecule has 2 aromatic rings. The Kier molecular flexibility index (Phi) is 6.04. The van der Waals surface area contributed by atoms with Gasteiger partial charge in [0.1, 0.15) is 5.82 Å². The van der Waals surface area contributed by atoms with Crippen LogP contribution in [0.25, 0.3) is 0 Å². The van der Waals surface area contributed by atoms with E-state index in [2.05, 4.69) is 20.3 Å². The molecule has 0 amide bonds. The number of hydrogen-bond acceptors (Lipinski definition) is 6. The first-order chi connectivity index (χ1) is 10.1. The minimum absolute atomic E-state index is 0.315. The van der Waals surface area contributed by atoms with E-state index in [0.29, 0.717) is 27.3 Å². The summed E-state index contributed by atoms with van der Waals surface area (Å²) in [5.74, 6) is -0.416. The molecule has 0 aliphatic rings. The first-order valence-electron chi connectivity index (χ1n) is 6.02. The topological polar surface area (TPSA) is 49.0 Å². The van der Waals surface area contributed by atoms with Crippen molar-refractivity contribution >= 4 is 45.7 Å². The number of hydrogen-bond donors (Lipinski definition) is 3. The van der Waals surface area contributed by atoms with Gasteiger partial charge in [0, 0.05) is 13.1 Å². The Hall–Kier alpha value is -1.09. The average Bonchev–Trinajstić information content (AvgIpc) is 2.86. The molecule has 4 nitrogen and oxygen atoms in total. The molecule has 0 radical (unpaired) electrons. The lowest BCUT2D eigenvalue weighted by atomic mass is 10.3. The summed E-state index contributed by atoms with van der Waals surface area (Å²) in [6.45, 7) is 1.38. The van der Waals surface area contributed by atoms with Crippen LogP contribution in [0.2, 0.25) is 5.02 Å². The Bertz CT molecular complexity index is 609. The third-order valence-electron chi connectivity index (χ3n) is 2.44. The Morgan fingerprint density at radius 2 is 2.14 bits per heavy atom. The molecule has 0 unspecified atom stereocenters. The first-order valence-corrected chi connectivity index (χ1v) is 8.03. The van der Waals surface area contributed by atoms with Gasteiger partial charge >= 0.3 is 0 Å². The van der Waals surface area contributed by atoms with E-state index in [4.69, 9.17) is 11.6 Å². The van der Waals surface area contributed by atoms with Crippen LogP contribution in [0.4, 0.5) is 19.6 Å². The summed E-state index contributed by atoms with van der Waals surface area (Å²) in [4.78, 5) is 4.10. The summed E-state index contributed by atoms with van der Waals surface area (Å²) >= 11 is 7.95. The van der Waals surface area contributed by atoms with E-state index in [0.717, 1.165) is 36.0 Å². The number of rotatable bonds is 7. The summed E-state index contributed by atoms with van der Waals surface area (Å²) in [6.07, 6.45) is 1.10. The molecule has 9 heteroatoms. The van der Waals surface area contributed by atoms with Crippen LogP contribution in [0, 0.1) is 10.9 Å². The molecule has 0 saturated heterocycles. The fourth-order valence-electron chi connectivity index (χ4n) is 1.46. The van der Waals surface area contributed by atoms with Gasteiger partial charge in [-0.05, 0) is 31.1 Å². The van der Waals surface area contributed by atoms with Gasteiger partial charge in [-0.2, -0.15) is 4.39 Å². The SMILES string of the molecule is CNCCNc1cc(F)c(SNc2ncc(F)s2)cc1Cl. The Balaban J connectivity index is 2.01. The zero-order valence-corrected chi connectivity index (χ0v) is 13.4. The van der Waals surface area contributed by atoms with Gasteiger partial charge in [-0.25, -0.2) is 9.37 Å². The number of thiazole rings is 1. The number of nitrogens with zero attached hydrogens (tertiary/aromatic N) is 1. The first kappa shape index (κ1) is 16.3. The minimum atomic E-state index is -0.416. The molecular formula is C12H13ClF2N4S2. The van der Waals surface area contributed by atoms with Crippen LogP contribution in [0.3, 0.4) is 0 Å². The second kappa shape index (κ2) is 7.79. The van der Waals surface area contributed by atoms with Gasteiger partial charge < -0.3 is 15.4 Å². The fourth-order valence-corrected chi connectivity index (χ4v) is 3.03. The predicted molar refractivity (Wildman–Crippen MR) is 85.4 cm³/mol. The van der Waals surface area contributed by atoms with Crippen LogP contribution in [0.15, 0.2) is 23.2 Å². The lowest BCUT2D eigenvalue weighted by Gasteiger charge is -2.11. The fraction of sp³-hybridized carbons (Fsp3) is 0.250. The zero-order valence-electron chi connectivity index (χ0n) is 11.0. The van der Waals surface area contributed by atoms with Gasteiger partial charge in [-0.15, -0.1) is 0 Å². The second-order valence-electron chi connectivity index (χ2n) is 3.97.